The van der Waals surface area contributed by atoms with Gasteiger partial charge >= 0.3 is 0 Å². The van der Waals surface area contributed by atoms with Crippen LogP contribution >= 0.6 is 45.2 Å². The third kappa shape index (κ3) is 2.90. The maximum absolute atomic E-state index is 10.3. The Morgan fingerprint density at radius 1 is 0.750 bits per heavy atom. The molecule has 0 atom stereocenters. The minimum atomic E-state index is -0.00716. The second-order valence-corrected chi connectivity index (χ2v) is 6.50. The molecule has 2 N–H and O–H groups in total. The number of hydrogen-bond donors (Lipinski definition) is 2. The molecule has 0 aliphatic heterocycles. The van der Waals surface area contributed by atoms with Crippen LogP contribution in [-0.2, 0) is 0 Å². The summed E-state index contributed by atoms with van der Waals surface area (Å²) in [6.07, 6.45) is 0. The molecule has 0 saturated heterocycles. The van der Waals surface area contributed by atoms with Crippen LogP contribution in [0.4, 0.5) is 0 Å². The minimum absolute atomic E-state index is 0.00716. The smallest absolute Gasteiger partial charge is 0.165 e. The zero-order valence-corrected chi connectivity index (χ0v) is 15.1. The van der Waals surface area contributed by atoms with Crippen molar-refractivity contribution in [1.82, 2.24) is 0 Å². The molecule has 0 aromatic heterocycles. The van der Waals surface area contributed by atoms with E-state index >= 15 is 0 Å². The Balaban J connectivity index is 2.74. The highest BCUT2D eigenvalue weighted by atomic mass is 127. The van der Waals surface area contributed by atoms with E-state index in [0.717, 1.165) is 7.14 Å². The largest absolute Gasteiger partial charge is 0.504 e. The third-order valence-corrected chi connectivity index (χ3v) is 4.06. The zero-order chi connectivity index (χ0) is 14.9. The van der Waals surface area contributed by atoms with E-state index in [1.165, 1.54) is 14.2 Å². The number of benzene rings is 2. The van der Waals surface area contributed by atoms with Gasteiger partial charge in [0.25, 0.3) is 0 Å². The predicted octanol–water partition coefficient (Wildman–Crippen LogP) is 3.99. The fraction of sp³-hybridized carbons (Fsp3) is 0.143. The molecule has 0 radical (unpaired) electrons. The molecule has 0 spiro atoms. The summed E-state index contributed by atoms with van der Waals surface area (Å²) in [6, 6.07) is 7.01. The van der Waals surface area contributed by atoms with E-state index < -0.39 is 0 Å². The molecular weight excluding hydrogens is 486 g/mol. The molecule has 2 aromatic carbocycles. The van der Waals surface area contributed by atoms with E-state index in [2.05, 4.69) is 45.2 Å². The van der Waals surface area contributed by atoms with Crippen LogP contribution in [0.3, 0.4) is 0 Å². The first-order chi connectivity index (χ1) is 9.47. The molecular formula is C14H12I2O4. The quantitative estimate of drug-likeness (QED) is 0.629. The van der Waals surface area contributed by atoms with Crippen LogP contribution in [0.15, 0.2) is 24.3 Å². The van der Waals surface area contributed by atoms with Crippen LogP contribution in [-0.4, -0.2) is 24.4 Å². The summed E-state index contributed by atoms with van der Waals surface area (Å²) >= 11 is 4.26. The molecule has 0 aliphatic carbocycles. The fourth-order valence-electron chi connectivity index (χ4n) is 1.87. The fourth-order valence-corrected chi connectivity index (χ4v) is 3.06. The van der Waals surface area contributed by atoms with Crippen molar-refractivity contribution in [3.63, 3.8) is 0 Å². The molecule has 20 heavy (non-hydrogen) atoms. The highest BCUT2D eigenvalue weighted by Gasteiger charge is 2.18. The zero-order valence-electron chi connectivity index (χ0n) is 10.8. The Morgan fingerprint density at radius 2 is 1.10 bits per heavy atom. The van der Waals surface area contributed by atoms with Crippen LogP contribution in [0.5, 0.6) is 23.0 Å². The number of rotatable bonds is 3. The van der Waals surface area contributed by atoms with Crippen molar-refractivity contribution in [1.29, 1.82) is 0 Å². The maximum atomic E-state index is 10.3. The first-order valence-corrected chi connectivity index (χ1v) is 7.77. The molecule has 0 saturated carbocycles. The number of hydrogen-bond acceptors (Lipinski definition) is 4. The Kier molecular flexibility index (Phi) is 4.84. The van der Waals surface area contributed by atoms with Crippen molar-refractivity contribution >= 4 is 45.2 Å². The molecule has 0 bridgehead atoms. The molecule has 2 aromatic rings. The van der Waals surface area contributed by atoms with Crippen LogP contribution in [0.2, 0.25) is 0 Å². The molecule has 0 amide bonds. The van der Waals surface area contributed by atoms with Crippen molar-refractivity contribution < 1.29 is 19.7 Å². The standard InChI is InChI=1S/C14H12I2O4/c1-19-11-5-7(15)3-9(13(11)17)10-4-8(16)6-12(20-2)14(10)18/h3-6,17-18H,1-2H3. The van der Waals surface area contributed by atoms with Gasteiger partial charge in [-0.3, -0.25) is 0 Å². The Hall–Kier alpha value is -0.900. The summed E-state index contributed by atoms with van der Waals surface area (Å²) in [6.45, 7) is 0. The van der Waals surface area contributed by atoms with Gasteiger partial charge in [-0.15, -0.1) is 0 Å². The highest BCUT2D eigenvalue weighted by Crippen LogP contribution is 2.45. The van der Waals surface area contributed by atoms with Gasteiger partial charge in [0.1, 0.15) is 0 Å². The molecule has 6 heteroatoms. The van der Waals surface area contributed by atoms with Crippen molar-refractivity contribution in [2.24, 2.45) is 0 Å². The Morgan fingerprint density at radius 3 is 1.40 bits per heavy atom. The molecule has 0 fully saturated rings. The molecule has 0 unspecified atom stereocenters. The monoisotopic (exact) mass is 498 g/mol. The van der Waals surface area contributed by atoms with E-state index in [4.69, 9.17) is 9.47 Å². The number of phenolic OH excluding ortho intramolecular Hbond substituents is 2. The van der Waals surface area contributed by atoms with E-state index in [-0.39, 0.29) is 11.5 Å². The summed E-state index contributed by atoms with van der Waals surface area (Å²) in [7, 11) is 2.98. The lowest BCUT2D eigenvalue weighted by molar-refractivity contribution is 0.370. The highest BCUT2D eigenvalue weighted by molar-refractivity contribution is 14.1. The number of ether oxygens (including phenoxy) is 2. The van der Waals surface area contributed by atoms with E-state index in [0.29, 0.717) is 22.6 Å². The summed E-state index contributed by atoms with van der Waals surface area (Å²) < 4.78 is 12.1. The average molecular weight is 498 g/mol. The summed E-state index contributed by atoms with van der Waals surface area (Å²) in [5, 5.41) is 20.5. The van der Waals surface area contributed by atoms with Gasteiger partial charge in [-0.05, 0) is 69.4 Å². The third-order valence-electron chi connectivity index (χ3n) is 2.81. The van der Waals surface area contributed by atoms with Gasteiger partial charge in [0, 0.05) is 18.3 Å². The van der Waals surface area contributed by atoms with Crippen LogP contribution in [0.1, 0.15) is 0 Å². The van der Waals surface area contributed by atoms with Crippen molar-refractivity contribution in [2.75, 3.05) is 14.2 Å². The molecule has 0 heterocycles. The maximum Gasteiger partial charge on any atom is 0.165 e. The average Bonchev–Trinajstić information content (AvgIpc) is 2.43. The number of phenols is 2. The topological polar surface area (TPSA) is 58.9 Å². The van der Waals surface area contributed by atoms with E-state index in [1.54, 1.807) is 24.3 Å². The van der Waals surface area contributed by atoms with Gasteiger partial charge in [-0.1, -0.05) is 0 Å². The Bertz CT molecular complexity index is 599. The molecule has 106 valence electrons. The van der Waals surface area contributed by atoms with Gasteiger partial charge in [0.15, 0.2) is 23.0 Å². The van der Waals surface area contributed by atoms with Gasteiger partial charge in [-0.2, -0.15) is 0 Å². The second kappa shape index (κ2) is 6.25. The van der Waals surface area contributed by atoms with E-state index in [9.17, 15) is 10.2 Å². The molecule has 4 nitrogen and oxygen atoms in total. The SMILES string of the molecule is COc1cc(I)cc(-c2cc(I)cc(OC)c2O)c1O. The van der Waals surface area contributed by atoms with Crippen LogP contribution < -0.4 is 9.47 Å². The summed E-state index contributed by atoms with van der Waals surface area (Å²) in [5.74, 6) is 0.716. The number of halogens is 2. The Labute approximate surface area is 144 Å². The lowest BCUT2D eigenvalue weighted by Gasteiger charge is -2.14. The number of aromatic hydroxyl groups is 2. The lowest BCUT2D eigenvalue weighted by Crippen LogP contribution is -1.92. The van der Waals surface area contributed by atoms with Gasteiger partial charge in [-0.25, -0.2) is 0 Å². The normalized spacial score (nSPS) is 10.4. The molecule has 0 aliphatic rings. The van der Waals surface area contributed by atoms with Crippen LogP contribution in [0, 0.1) is 7.14 Å². The van der Waals surface area contributed by atoms with Gasteiger partial charge < -0.3 is 19.7 Å². The van der Waals surface area contributed by atoms with Gasteiger partial charge in [0.2, 0.25) is 0 Å². The first-order valence-electron chi connectivity index (χ1n) is 5.61. The molecule has 2 rings (SSSR count). The second-order valence-electron chi connectivity index (χ2n) is 4.01. The van der Waals surface area contributed by atoms with Crippen LogP contribution in [0.25, 0.3) is 11.1 Å². The first kappa shape index (κ1) is 15.5. The number of methoxy groups -OCH3 is 2. The summed E-state index contributed by atoms with van der Waals surface area (Å²) in [4.78, 5) is 0. The van der Waals surface area contributed by atoms with Crippen molar-refractivity contribution in [3.05, 3.63) is 31.4 Å². The van der Waals surface area contributed by atoms with Crippen molar-refractivity contribution in [3.8, 4) is 34.1 Å². The van der Waals surface area contributed by atoms with Gasteiger partial charge in [0.05, 0.1) is 14.2 Å². The lowest BCUT2D eigenvalue weighted by atomic mass is 10.0. The summed E-state index contributed by atoms with van der Waals surface area (Å²) in [5.41, 5.74) is 1.01. The van der Waals surface area contributed by atoms with E-state index in [1.807, 2.05) is 0 Å². The van der Waals surface area contributed by atoms with Crippen molar-refractivity contribution in [2.45, 2.75) is 0 Å². The predicted molar refractivity (Wildman–Crippen MR) is 93.7 cm³/mol. The minimum Gasteiger partial charge on any atom is -0.504 e.